The Morgan fingerprint density at radius 2 is 2.32 bits per heavy atom. The summed E-state index contributed by atoms with van der Waals surface area (Å²) in [5.74, 6) is -0.471. The Morgan fingerprint density at radius 3 is 2.89 bits per heavy atom. The molecule has 3 unspecified atom stereocenters. The van der Waals surface area contributed by atoms with E-state index in [1.54, 1.807) is 0 Å². The molecule has 6 nitrogen and oxygen atoms in total. The van der Waals surface area contributed by atoms with Crippen molar-refractivity contribution in [3.05, 3.63) is 0 Å². The van der Waals surface area contributed by atoms with Crippen LogP contribution in [0.25, 0.3) is 0 Å². The molecule has 0 spiro atoms. The summed E-state index contributed by atoms with van der Waals surface area (Å²) in [5, 5.41) is 12.0. The van der Waals surface area contributed by atoms with E-state index in [1.165, 1.54) is 16.7 Å². The Kier molecular flexibility index (Phi) is 4.93. The van der Waals surface area contributed by atoms with Crippen molar-refractivity contribution in [2.75, 3.05) is 19.0 Å². The van der Waals surface area contributed by atoms with E-state index >= 15 is 0 Å². The number of hydrogen-bond acceptors (Lipinski definition) is 4. The van der Waals surface area contributed by atoms with Gasteiger partial charge in [0.1, 0.15) is 6.04 Å². The fourth-order valence-electron chi connectivity index (χ4n) is 2.44. The first-order valence-corrected chi connectivity index (χ1v) is 7.69. The molecule has 2 rings (SSSR count). The Hall–Kier alpha value is -0.950. The number of hydrogen-bond donors (Lipinski definition) is 2. The molecule has 0 aromatic carbocycles. The number of rotatable bonds is 3. The van der Waals surface area contributed by atoms with Crippen molar-refractivity contribution in [1.29, 1.82) is 0 Å². The van der Waals surface area contributed by atoms with E-state index in [1.807, 2.05) is 6.92 Å². The van der Waals surface area contributed by atoms with Gasteiger partial charge in [-0.05, 0) is 19.3 Å². The summed E-state index contributed by atoms with van der Waals surface area (Å²) in [4.78, 5) is 25.0. The van der Waals surface area contributed by atoms with Crippen LogP contribution < -0.4 is 5.32 Å². The van der Waals surface area contributed by atoms with Crippen LogP contribution >= 0.6 is 11.8 Å². The predicted molar refractivity (Wildman–Crippen MR) is 72.2 cm³/mol. The van der Waals surface area contributed by atoms with Gasteiger partial charge in [0.2, 0.25) is 0 Å². The van der Waals surface area contributed by atoms with Crippen LogP contribution in [0.3, 0.4) is 0 Å². The van der Waals surface area contributed by atoms with Gasteiger partial charge in [0, 0.05) is 12.4 Å². The van der Waals surface area contributed by atoms with Crippen molar-refractivity contribution >= 4 is 23.8 Å². The highest BCUT2D eigenvalue weighted by molar-refractivity contribution is 8.00. The van der Waals surface area contributed by atoms with Crippen LogP contribution in [-0.2, 0) is 9.53 Å². The smallest absolute Gasteiger partial charge is 0.327 e. The maximum Gasteiger partial charge on any atom is 0.327 e. The minimum Gasteiger partial charge on any atom is -0.480 e. The van der Waals surface area contributed by atoms with Gasteiger partial charge in [-0.3, -0.25) is 4.90 Å². The normalized spacial score (nSPS) is 31.2. The fraction of sp³-hybridized carbons (Fsp3) is 0.833. The van der Waals surface area contributed by atoms with Crippen LogP contribution in [0.5, 0.6) is 0 Å². The highest BCUT2D eigenvalue weighted by atomic mass is 32.2. The van der Waals surface area contributed by atoms with Gasteiger partial charge < -0.3 is 15.2 Å². The number of thioether (sulfide) groups is 1. The molecule has 2 fully saturated rings. The number of amides is 2. The lowest BCUT2D eigenvalue weighted by Gasteiger charge is -2.30. The average Bonchev–Trinajstić information content (AvgIpc) is 2.83. The van der Waals surface area contributed by atoms with Gasteiger partial charge in [0.05, 0.1) is 18.0 Å². The Bertz CT molecular complexity index is 347. The molecule has 3 atom stereocenters. The molecule has 2 aliphatic rings. The minimum absolute atomic E-state index is 0.00111. The number of nitrogens with zero attached hydrogens (tertiary/aromatic N) is 1. The molecule has 0 radical (unpaired) electrons. The number of urea groups is 1. The van der Waals surface area contributed by atoms with Crippen LogP contribution in [0.1, 0.15) is 26.2 Å². The Balaban J connectivity index is 1.99. The third-order valence-corrected chi connectivity index (χ3v) is 4.90. The van der Waals surface area contributed by atoms with Gasteiger partial charge in [-0.15, -0.1) is 11.8 Å². The summed E-state index contributed by atoms with van der Waals surface area (Å²) >= 11 is 1.53. The number of carboxylic acid groups (broad SMARTS) is 1. The summed E-state index contributed by atoms with van der Waals surface area (Å²) in [5.41, 5.74) is 0. The lowest BCUT2D eigenvalue weighted by molar-refractivity contribution is -0.141. The average molecular weight is 288 g/mol. The molecule has 19 heavy (non-hydrogen) atoms. The third-order valence-electron chi connectivity index (χ3n) is 3.45. The van der Waals surface area contributed by atoms with Crippen molar-refractivity contribution < 1.29 is 19.4 Å². The number of carboxylic acids is 1. The molecule has 2 amide bonds. The number of carbonyl (C=O) groups excluding carboxylic acids is 1. The molecule has 2 aliphatic heterocycles. The lowest BCUT2D eigenvalue weighted by Crippen LogP contribution is -2.53. The first kappa shape index (κ1) is 14.5. The maximum atomic E-state index is 12.3. The lowest BCUT2D eigenvalue weighted by atomic mass is 10.1. The molecule has 0 aromatic heterocycles. The van der Waals surface area contributed by atoms with Gasteiger partial charge in [-0.2, -0.15) is 0 Å². The highest BCUT2D eigenvalue weighted by Crippen LogP contribution is 2.31. The van der Waals surface area contributed by atoms with E-state index in [9.17, 15) is 14.7 Å². The van der Waals surface area contributed by atoms with Gasteiger partial charge in [-0.1, -0.05) is 6.92 Å². The van der Waals surface area contributed by atoms with Gasteiger partial charge >= 0.3 is 12.0 Å². The van der Waals surface area contributed by atoms with E-state index < -0.39 is 12.0 Å². The molecule has 2 heterocycles. The van der Waals surface area contributed by atoms with E-state index in [-0.39, 0.29) is 17.4 Å². The zero-order valence-electron chi connectivity index (χ0n) is 11.0. The molecule has 0 saturated carbocycles. The van der Waals surface area contributed by atoms with E-state index in [0.29, 0.717) is 12.4 Å². The Morgan fingerprint density at radius 1 is 1.53 bits per heavy atom. The monoisotopic (exact) mass is 288 g/mol. The molecule has 108 valence electrons. The first-order valence-electron chi connectivity index (χ1n) is 6.64. The van der Waals surface area contributed by atoms with Crippen LogP contribution in [0.2, 0.25) is 0 Å². The molecule has 0 aliphatic carbocycles. The fourth-order valence-corrected chi connectivity index (χ4v) is 3.79. The second-order valence-electron chi connectivity index (χ2n) is 4.82. The summed E-state index contributed by atoms with van der Waals surface area (Å²) in [6.45, 7) is 3.22. The van der Waals surface area contributed by atoms with E-state index in [0.717, 1.165) is 25.9 Å². The maximum absolute atomic E-state index is 12.3. The topological polar surface area (TPSA) is 78.9 Å². The number of aliphatic carboxylic acids is 1. The van der Waals surface area contributed by atoms with Crippen LogP contribution in [0.4, 0.5) is 4.79 Å². The zero-order chi connectivity index (χ0) is 13.8. The highest BCUT2D eigenvalue weighted by Gasteiger charge is 2.41. The zero-order valence-corrected chi connectivity index (χ0v) is 11.8. The predicted octanol–water partition coefficient (Wildman–Crippen LogP) is 1.11. The summed E-state index contributed by atoms with van der Waals surface area (Å²) in [6.07, 6.45) is 2.57. The standard InChI is InChI=1S/C12H20N2O4S/c1-2-10-14(9(7-19-10)11(15)16)12(17)13-8-4-3-5-18-6-8/h8-10H,2-7H2,1H3,(H,13,17)(H,15,16). The van der Waals surface area contributed by atoms with Crippen molar-refractivity contribution in [1.82, 2.24) is 10.2 Å². The van der Waals surface area contributed by atoms with E-state index in [4.69, 9.17) is 4.74 Å². The molecular formula is C12H20N2O4S. The quantitative estimate of drug-likeness (QED) is 0.813. The van der Waals surface area contributed by atoms with Gasteiger partial charge in [0.25, 0.3) is 0 Å². The molecule has 0 aromatic rings. The minimum atomic E-state index is -0.932. The molecule has 2 saturated heterocycles. The SMILES string of the molecule is CCC1SCC(C(=O)O)N1C(=O)NC1CCCOC1. The molecular weight excluding hydrogens is 268 g/mol. The largest absolute Gasteiger partial charge is 0.480 e. The van der Waals surface area contributed by atoms with Crippen molar-refractivity contribution in [2.45, 2.75) is 43.6 Å². The third kappa shape index (κ3) is 3.33. The Labute approximate surface area is 116 Å². The second-order valence-corrected chi connectivity index (χ2v) is 6.03. The van der Waals surface area contributed by atoms with Crippen molar-refractivity contribution in [2.24, 2.45) is 0 Å². The van der Waals surface area contributed by atoms with Crippen LogP contribution in [-0.4, -0.2) is 58.4 Å². The first-order chi connectivity index (χ1) is 9.13. The molecule has 2 N–H and O–H groups in total. The van der Waals surface area contributed by atoms with Crippen LogP contribution in [0.15, 0.2) is 0 Å². The van der Waals surface area contributed by atoms with Gasteiger partial charge in [0.15, 0.2) is 0 Å². The summed E-state index contributed by atoms with van der Waals surface area (Å²) in [7, 11) is 0. The number of ether oxygens (including phenoxy) is 1. The van der Waals surface area contributed by atoms with E-state index in [2.05, 4.69) is 5.32 Å². The summed E-state index contributed by atoms with van der Waals surface area (Å²) in [6, 6.07) is -1.00. The van der Waals surface area contributed by atoms with Gasteiger partial charge in [-0.25, -0.2) is 9.59 Å². The van der Waals surface area contributed by atoms with Crippen LogP contribution in [0, 0.1) is 0 Å². The van der Waals surface area contributed by atoms with Crippen molar-refractivity contribution in [3.8, 4) is 0 Å². The molecule has 7 heteroatoms. The number of nitrogens with one attached hydrogen (secondary N) is 1. The number of carbonyl (C=O) groups is 2. The molecule has 0 bridgehead atoms. The second kappa shape index (κ2) is 6.47. The van der Waals surface area contributed by atoms with Crippen molar-refractivity contribution in [3.63, 3.8) is 0 Å². The summed E-state index contributed by atoms with van der Waals surface area (Å²) < 4.78 is 5.32.